The summed E-state index contributed by atoms with van der Waals surface area (Å²) in [7, 11) is 0. The van der Waals surface area contributed by atoms with Crippen LogP contribution in [-0.2, 0) is 4.74 Å². The number of ether oxygens (including phenoxy) is 1. The molecule has 0 saturated carbocycles. The molecule has 0 aliphatic carbocycles. The highest BCUT2D eigenvalue weighted by molar-refractivity contribution is 5.84. The minimum Gasteiger partial charge on any atom is -0.379 e. The molecule has 1 N–H and O–H groups in total. The quantitative estimate of drug-likeness (QED) is 0.555. The number of hydrogen-bond donors (Lipinski definition) is 1. The summed E-state index contributed by atoms with van der Waals surface area (Å²) in [6, 6.07) is 0.626. The first kappa shape index (κ1) is 12.8. The second-order valence-corrected chi connectivity index (χ2v) is 6.14. The van der Waals surface area contributed by atoms with Crippen molar-refractivity contribution in [2.45, 2.75) is 33.2 Å². The van der Waals surface area contributed by atoms with Crippen molar-refractivity contribution in [1.29, 1.82) is 5.41 Å². The molecule has 2 aliphatic heterocycles. The average molecular weight is 239 g/mol. The first-order chi connectivity index (χ1) is 7.98. The molecule has 1 unspecified atom stereocenters. The standard InChI is InChI=1S/C13H25N3O/c1-13(2,3)12(14)16-5-4-11(10-16)15-6-8-17-9-7-15/h11,14H,4-10H2,1-3H3. The van der Waals surface area contributed by atoms with Crippen molar-refractivity contribution in [1.82, 2.24) is 9.80 Å². The van der Waals surface area contributed by atoms with E-state index in [1.807, 2.05) is 0 Å². The van der Waals surface area contributed by atoms with Crippen LogP contribution in [0.3, 0.4) is 0 Å². The van der Waals surface area contributed by atoms with Crippen molar-refractivity contribution in [2.75, 3.05) is 39.4 Å². The van der Waals surface area contributed by atoms with E-state index in [9.17, 15) is 0 Å². The van der Waals surface area contributed by atoms with Crippen LogP contribution in [0, 0.1) is 10.8 Å². The summed E-state index contributed by atoms with van der Waals surface area (Å²) in [4.78, 5) is 4.78. The maximum Gasteiger partial charge on any atom is 0.101 e. The van der Waals surface area contributed by atoms with E-state index in [1.54, 1.807) is 0 Å². The fraction of sp³-hybridized carbons (Fsp3) is 0.923. The van der Waals surface area contributed by atoms with E-state index in [2.05, 4.69) is 30.6 Å². The van der Waals surface area contributed by atoms with E-state index < -0.39 is 0 Å². The molecule has 2 saturated heterocycles. The van der Waals surface area contributed by atoms with Crippen molar-refractivity contribution in [3.63, 3.8) is 0 Å². The van der Waals surface area contributed by atoms with Crippen LogP contribution < -0.4 is 0 Å². The van der Waals surface area contributed by atoms with E-state index in [1.165, 1.54) is 6.42 Å². The topological polar surface area (TPSA) is 39.6 Å². The van der Waals surface area contributed by atoms with Gasteiger partial charge in [0.15, 0.2) is 0 Å². The van der Waals surface area contributed by atoms with Gasteiger partial charge in [-0.2, -0.15) is 0 Å². The molecule has 0 amide bonds. The van der Waals surface area contributed by atoms with Gasteiger partial charge in [0.2, 0.25) is 0 Å². The van der Waals surface area contributed by atoms with Crippen LogP contribution in [0.2, 0.25) is 0 Å². The Bertz CT molecular complexity index is 279. The summed E-state index contributed by atoms with van der Waals surface area (Å²) in [5, 5.41) is 8.22. The average Bonchev–Trinajstić information content (AvgIpc) is 2.77. The summed E-state index contributed by atoms with van der Waals surface area (Å²) in [6.07, 6.45) is 1.19. The minimum absolute atomic E-state index is 0.0279. The summed E-state index contributed by atoms with van der Waals surface area (Å²) < 4.78 is 5.39. The zero-order valence-corrected chi connectivity index (χ0v) is 11.3. The summed E-state index contributed by atoms with van der Waals surface area (Å²) >= 11 is 0. The van der Waals surface area contributed by atoms with E-state index in [4.69, 9.17) is 10.1 Å². The molecule has 0 radical (unpaired) electrons. The molecule has 2 rings (SSSR count). The van der Waals surface area contributed by atoms with Gasteiger partial charge in [-0.25, -0.2) is 0 Å². The van der Waals surface area contributed by atoms with Gasteiger partial charge in [0.1, 0.15) is 5.84 Å². The van der Waals surface area contributed by atoms with Crippen LogP contribution >= 0.6 is 0 Å². The van der Waals surface area contributed by atoms with Gasteiger partial charge in [0.25, 0.3) is 0 Å². The minimum atomic E-state index is -0.0279. The predicted octanol–water partition coefficient (Wildman–Crippen LogP) is 1.42. The van der Waals surface area contributed by atoms with Crippen LogP contribution in [0.1, 0.15) is 27.2 Å². The zero-order chi connectivity index (χ0) is 12.5. The van der Waals surface area contributed by atoms with Gasteiger partial charge in [-0.3, -0.25) is 10.3 Å². The Morgan fingerprint density at radius 2 is 1.82 bits per heavy atom. The summed E-state index contributed by atoms with van der Waals surface area (Å²) in [6.45, 7) is 12.3. The molecule has 2 fully saturated rings. The molecule has 1 atom stereocenters. The maximum atomic E-state index is 8.22. The third kappa shape index (κ3) is 2.99. The first-order valence-electron chi connectivity index (χ1n) is 6.64. The molecule has 2 aliphatic rings. The number of likely N-dealkylation sites (tertiary alicyclic amines) is 1. The molecular formula is C13H25N3O. The molecule has 4 nitrogen and oxygen atoms in total. The summed E-state index contributed by atoms with van der Waals surface area (Å²) in [5.74, 6) is 0.785. The molecule has 0 spiro atoms. The molecule has 0 aromatic rings. The Morgan fingerprint density at radius 1 is 1.18 bits per heavy atom. The largest absolute Gasteiger partial charge is 0.379 e. The van der Waals surface area contributed by atoms with Crippen LogP contribution in [0.4, 0.5) is 0 Å². The third-order valence-electron chi connectivity index (χ3n) is 3.75. The SMILES string of the molecule is CC(C)(C)C(=N)N1CCC(N2CCOCC2)C1. The molecule has 0 aromatic carbocycles. The second kappa shape index (κ2) is 4.94. The van der Waals surface area contributed by atoms with Gasteiger partial charge in [0.05, 0.1) is 13.2 Å². The highest BCUT2D eigenvalue weighted by Crippen LogP contribution is 2.23. The molecule has 0 bridgehead atoms. The molecule has 17 heavy (non-hydrogen) atoms. The number of nitrogens with zero attached hydrogens (tertiary/aromatic N) is 2. The highest BCUT2D eigenvalue weighted by atomic mass is 16.5. The van der Waals surface area contributed by atoms with Crippen molar-refractivity contribution < 1.29 is 4.74 Å². The fourth-order valence-corrected chi connectivity index (χ4v) is 2.66. The predicted molar refractivity (Wildman–Crippen MR) is 69.6 cm³/mol. The monoisotopic (exact) mass is 239 g/mol. The summed E-state index contributed by atoms with van der Waals surface area (Å²) in [5.41, 5.74) is -0.0279. The Balaban J connectivity index is 1.88. The third-order valence-corrected chi connectivity index (χ3v) is 3.75. The van der Waals surface area contributed by atoms with Crippen LogP contribution in [0.25, 0.3) is 0 Å². The fourth-order valence-electron chi connectivity index (χ4n) is 2.66. The van der Waals surface area contributed by atoms with Crippen molar-refractivity contribution in [2.24, 2.45) is 5.41 Å². The molecule has 0 aromatic heterocycles. The molecule has 2 heterocycles. The van der Waals surface area contributed by atoms with Crippen molar-refractivity contribution in [3.8, 4) is 0 Å². The van der Waals surface area contributed by atoms with Gasteiger partial charge >= 0.3 is 0 Å². The number of morpholine rings is 1. The number of hydrogen-bond acceptors (Lipinski definition) is 3. The zero-order valence-electron chi connectivity index (χ0n) is 11.3. The van der Waals surface area contributed by atoms with E-state index in [-0.39, 0.29) is 5.41 Å². The van der Waals surface area contributed by atoms with Gasteiger partial charge in [-0.15, -0.1) is 0 Å². The van der Waals surface area contributed by atoms with Crippen LogP contribution in [0.5, 0.6) is 0 Å². The molecule has 4 heteroatoms. The van der Waals surface area contributed by atoms with E-state index >= 15 is 0 Å². The van der Waals surface area contributed by atoms with E-state index in [0.717, 1.165) is 45.2 Å². The Morgan fingerprint density at radius 3 is 2.41 bits per heavy atom. The number of amidine groups is 1. The van der Waals surface area contributed by atoms with Gasteiger partial charge in [-0.1, -0.05) is 20.8 Å². The van der Waals surface area contributed by atoms with E-state index in [0.29, 0.717) is 6.04 Å². The smallest absolute Gasteiger partial charge is 0.101 e. The van der Waals surface area contributed by atoms with Gasteiger partial charge < -0.3 is 9.64 Å². The van der Waals surface area contributed by atoms with Crippen LogP contribution in [-0.4, -0.2) is 61.1 Å². The normalized spacial score (nSPS) is 27.5. The second-order valence-electron chi connectivity index (χ2n) is 6.14. The van der Waals surface area contributed by atoms with Gasteiger partial charge in [0, 0.05) is 37.6 Å². The lowest BCUT2D eigenvalue weighted by molar-refractivity contribution is 0.0194. The Labute approximate surface area is 104 Å². The lowest BCUT2D eigenvalue weighted by atomic mass is 9.94. The van der Waals surface area contributed by atoms with Gasteiger partial charge in [-0.05, 0) is 6.42 Å². The Hall–Kier alpha value is -0.610. The lowest BCUT2D eigenvalue weighted by Gasteiger charge is -2.33. The number of rotatable bonds is 1. The molecular weight excluding hydrogens is 214 g/mol. The molecule has 98 valence electrons. The first-order valence-corrected chi connectivity index (χ1v) is 6.64. The highest BCUT2D eigenvalue weighted by Gasteiger charge is 2.33. The Kier molecular flexibility index (Phi) is 3.73. The van der Waals surface area contributed by atoms with Crippen molar-refractivity contribution >= 4 is 5.84 Å². The maximum absolute atomic E-state index is 8.22. The van der Waals surface area contributed by atoms with Crippen LogP contribution in [0.15, 0.2) is 0 Å². The number of nitrogens with one attached hydrogen (secondary N) is 1. The lowest BCUT2D eigenvalue weighted by Crippen LogP contribution is -2.46. The van der Waals surface area contributed by atoms with Crippen molar-refractivity contribution in [3.05, 3.63) is 0 Å².